The number of rotatable bonds is 11. The monoisotopic (exact) mass is 579 g/mol. The van der Waals surface area contributed by atoms with Crippen molar-refractivity contribution >= 4 is 35.2 Å². The number of benzene rings is 2. The lowest BCUT2D eigenvalue weighted by molar-refractivity contribution is -0.136. The molecule has 3 amide bonds. The summed E-state index contributed by atoms with van der Waals surface area (Å²) in [7, 11) is 3.43. The molecule has 1 fully saturated rings. The number of thioether (sulfide) groups is 1. The average Bonchev–Trinajstić information content (AvgIpc) is 3.39. The Labute approximate surface area is 236 Å². The van der Waals surface area contributed by atoms with Gasteiger partial charge in [-0.25, -0.2) is 13.2 Å². The van der Waals surface area contributed by atoms with Gasteiger partial charge < -0.3 is 26.2 Å². The third-order valence-electron chi connectivity index (χ3n) is 6.56. The van der Waals surface area contributed by atoms with Crippen LogP contribution in [-0.2, 0) is 27.3 Å². The molecule has 2 aromatic carbocycles. The van der Waals surface area contributed by atoms with E-state index in [0.717, 1.165) is 17.3 Å². The van der Waals surface area contributed by atoms with E-state index in [2.05, 4.69) is 10.6 Å². The van der Waals surface area contributed by atoms with Crippen LogP contribution >= 0.6 is 11.8 Å². The summed E-state index contributed by atoms with van der Waals surface area (Å²) in [5.41, 5.74) is 7.52. The minimum atomic E-state index is -1.29. The molecule has 0 aliphatic carbocycles. The maximum absolute atomic E-state index is 14.0. The molecule has 0 aromatic heterocycles. The Morgan fingerprint density at radius 2 is 1.73 bits per heavy atom. The molecular formula is C28H36F3N5O3S. The Morgan fingerprint density at radius 1 is 1.07 bits per heavy atom. The van der Waals surface area contributed by atoms with Crippen molar-refractivity contribution in [1.82, 2.24) is 15.1 Å². The van der Waals surface area contributed by atoms with Crippen molar-refractivity contribution in [2.24, 2.45) is 11.7 Å². The van der Waals surface area contributed by atoms with Gasteiger partial charge in [0.15, 0.2) is 17.0 Å². The van der Waals surface area contributed by atoms with E-state index in [-0.39, 0.29) is 54.6 Å². The van der Waals surface area contributed by atoms with Gasteiger partial charge >= 0.3 is 0 Å². The summed E-state index contributed by atoms with van der Waals surface area (Å²) < 4.78 is 40.6. The number of carbonyl (C=O) groups is 3. The van der Waals surface area contributed by atoms with Crippen LogP contribution in [0.3, 0.4) is 0 Å². The van der Waals surface area contributed by atoms with Crippen LogP contribution in [0.15, 0.2) is 36.4 Å². The van der Waals surface area contributed by atoms with Crippen molar-refractivity contribution in [3.8, 4) is 0 Å². The van der Waals surface area contributed by atoms with Crippen LogP contribution in [0, 0.1) is 23.4 Å². The Balaban J connectivity index is 1.53. The van der Waals surface area contributed by atoms with Gasteiger partial charge in [0, 0.05) is 57.2 Å². The van der Waals surface area contributed by atoms with E-state index in [9.17, 15) is 27.6 Å². The summed E-state index contributed by atoms with van der Waals surface area (Å²) in [6, 6.07) is 7.38. The smallest absolute Gasteiger partial charge is 0.253 e. The van der Waals surface area contributed by atoms with Crippen LogP contribution in [0.2, 0.25) is 0 Å². The van der Waals surface area contributed by atoms with Crippen LogP contribution in [-0.4, -0.2) is 71.4 Å². The lowest BCUT2D eigenvalue weighted by Crippen LogP contribution is -2.46. The molecule has 0 saturated carbocycles. The molecule has 0 spiro atoms. The second-order valence-electron chi connectivity index (χ2n) is 10.3. The van der Waals surface area contributed by atoms with E-state index in [0.29, 0.717) is 18.4 Å². The number of likely N-dealkylation sites (N-methyl/N-ethyl adjacent to an activating group) is 1. The highest BCUT2D eigenvalue weighted by Gasteiger charge is 2.35. The first kappa shape index (κ1) is 31.3. The maximum Gasteiger partial charge on any atom is 0.253 e. The van der Waals surface area contributed by atoms with Gasteiger partial charge in [-0.05, 0) is 41.7 Å². The van der Waals surface area contributed by atoms with Crippen LogP contribution in [0.4, 0.5) is 18.9 Å². The zero-order valence-electron chi connectivity index (χ0n) is 23.0. The molecular weight excluding hydrogens is 543 g/mol. The first-order valence-corrected chi connectivity index (χ1v) is 14.1. The SMILES string of the molecule is CC(C)C(Nc1ccc(CNC(=O)C2SCCN2C(=O)CC(N)Cc2cc(F)c(F)cc2F)cc1)C(=O)N(C)C. The van der Waals surface area contributed by atoms with Crippen LogP contribution in [0.1, 0.15) is 31.4 Å². The van der Waals surface area contributed by atoms with Gasteiger partial charge in [-0.2, -0.15) is 0 Å². The Bertz CT molecular complexity index is 1210. The Morgan fingerprint density at radius 3 is 2.35 bits per heavy atom. The first-order valence-electron chi connectivity index (χ1n) is 13.0. The normalized spacial score (nSPS) is 16.5. The van der Waals surface area contributed by atoms with Crippen molar-refractivity contribution in [3.63, 3.8) is 0 Å². The molecule has 8 nitrogen and oxygen atoms in total. The van der Waals surface area contributed by atoms with E-state index in [1.165, 1.54) is 16.7 Å². The predicted molar refractivity (Wildman–Crippen MR) is 150 cm³/mol. The fourth-order valence-electron chi connectivity index (χ4n) is 4.33. The number of anilines is 1. The van der Waals surface area contributed by atoms with Crippen molar-refractivity contribution in [3.05, 3.63) is 65.0 Å². The minimum absolute atomic E-state index is 0.0167. The standard InChI is InChI=1S/C28H36F3N5O3S/c1-16(2)25(27(39)35(3)4)34-20-7-5-17(6-8-20)15-33-26(38)28-36(9-10-40-28)24(37)13-19(32)11-18-12-22(30)23(31)14-21(18)29/h5-8,12,14,16,19,25,28,34H,9-11,13,15,32H2,1-4H3,(H,33,38). The second-order valence-corrected chi connectivity index (χ2v) is 11.5. The highest BCUT2D eigenvalue weighted by molar-refractivity contribution is 8.00. The summed E-state index contributed by atoms with van der Waals surface area (Å²) in [5.74, 6) is -3.47. The molecule has 12 heteroatoms. The van der Waals surface area contributed by atoms with Gasteiger partial charge in [0.05, 0.1) is 0 Å². The topological polar surface area (TPSA) is 108 Å². The summed E-state index contributed by atoms with van der Waals surface area (Å²) in [4.78, 5) is 41.2. The zero-order valence-corrected chi connectivity index (χ0v) is 23.9. The van der Waals surface area contributed by atoms with Crippen molar-refractivity contribution < 1.29 is 27.6 Å². The number of carbonyl (C=O) groups excluding carboxylic acids is 3. The van der Waals surface area contributed by atoms with E-state index in [1.54, 1.807) is 19.0 Å². The van der Waals surface area contributed by atoms with Crippen molar-refractivity contribution in [1.29, 1.82) is 0 Å². The highest BCUT2D eigenvalue weighted by atomic mass is 32.2. The molecule has 1 heterocycles. The van der Waals surface area contributed by atoms with Gasteiger partial charge in [-0.3, -0.25) is 14.4 Å². The first-order chi connectivity index (χ1) is 18.9. The molecule has 4 N–H and O–H groups in total. The zero-order chi connectivity index (χ0) is 29.6. The molecule has 0 radical (unpaired) electrons. The van der Waals surface area contributed by atoms with E-state index >= 15 is 0 Å². The summed E-state index contributed by atoms with van der Waals surface area (Å²) in [6.07, 6.45) is -0.330. The molecule has 1 saturated heterocycles. The fraction of sp³-hybridized carbons (Fsp3) is 0.464. The third-order valence-corrected chi connectivity index (χ3v) is 7.76. The predicted octanol–water partition coefficient (Wildman–Crippen LogP) is 3.11. The lowest BCUT2D eigenvalue weighted by atomic mass is 10.0. The number of nitrogens with two attached hydrogens (primary N) is 1. The molecule has 0 bridgehead atoms. The van der Waals surface area contributed by atoms with Gasteiger partial charge in [0.1, 0.15) is 11.9 Å². The lowest BCUT2D eigenvalue weighted by Gasteiger charge is -2.26. The number of halogens is 3. The van der Waals surface area contributed by atoms with Gasteiger partial charge in [0.25, 0.3) is 5.91 Å². The Hall–Kier alpha value is -3.25. The molecule has 2 aromatic rings. The number of hydrogen-bond donors (Lipinski definition) is 3. The molecule has 3 unspecified atom stereocenters. The van der Waals surface area contributed by atoms with Gasteiger partial charge in [-0.15, -0.1) is 11.8 Å². The fourth-order valence-corrected chi connectivity index (χ4v) is 5.49. The molecule has 218 valence electrons. The number of nitrogens with one attached hydrogen (secondary N) is 2. The van der Waals surface area contributed by atoms with Crippen molar-refractivity contribution in [2.45, 2.75) is 50.7 Å². The molecule has 40 heavy (non-hydrogen) atoms. The van der Waals surface area contributed by atoms with Gasteiger partial charge in [0.2, 0.25) is 11.8 Å². The van der Waals surface area contributed by atoms with E-state index < -0.39 is 28.9 Å². The molecule has 3 atom stereocenters. The second kappa shape index (κ2) is 13.9. The largest absolute Gasteiger partial charge is 0.373 e. The van der Waals surface area contributed by atoms with E-state index in [4.69, 9.17) is 5.73 Å². The Kier molecular flexibility index (Phi) is 10.9. The molecule has 1 aliphatic heterocycles. The van der Waals surface area contributed by atoms with Crippen LogP contribution in [0.5, 0.6) is 0 Å². The molecule has 3 rings (SSSR count). The summed E-state index contributed by atoms with van der Waals surface area (Å²) >= 11 is 1.33. The van der Waals surface area contributed by atoms with Crippen molar-refractivity contribution in [2.75, 3.05) is 31.7 Å². The summed E-state index contributed by atoms with van der Waals surface area (Å²) in [6.45, 7) is 4.55. The third kappa shape index (κ3) is 8.14. The maximum atomic E-state index is 14.0. The average molecular weight is 580 g/mol. The number of amides is 3. The van der Waals surface area contributed by atoms with Gasteiger partial charge in [-0.1, -0.05) is 26.0 Å². The number of hydrogen-bond acceptors (Lipinski definition) is 6. The number of nitrogens with zero attached hydrogens (tertiary/aromatic N) is 2. The van der Waals surface area contributed by atoms with Crippen LogP contribution < -0.4 is 16.4 Å². The van der Waals surface area contributed by atoms with E-state index in [1.807, 2.05) is 38.1 Å². The molecule has 1 aliphatic rings. The highest BCUT2D eigenvalue weighted by Crippen LogP contribution is 2.26. The minimum Gasteiger partial charge on any atom is -0.373 e. The van der Waals surface area contributed by atoms with Crippen LogP contribution in [0.25, 0.3) is 0 Å². The quantitative estimate of drug-likeness (QED) is 0.353. The summed E-state index contributed by atoms with van der Waals surface area (Å²) in [5, 5.41) is 5.39.